The first-order chi connectivity index (χ1) is 8.20. The van der Waals surface area contributed by atoms with Gasteiger partial charge in [-0.15, -0.1) is 0 Å². The van der Waals surface area contributed by atoms with E-state index in [1.165, 1.54) is 0 Å². The van der Waals surface area contributed by atoms with Gasteiger partial charge in [-0.25, -0.2) is 9.59 Å². The fourth-order valence-electron chi connectivity index (χ4n) is 1.14. The van der Waals surface area contributed by atoms with Crippen LogP contribution in [0.15, 0.2) is 0 Å². The lowest BCUT2D eigenvalue weighted by Crippen LogP contribution is -2.16. The van der Waals surface area contributed by atoms with Gasteiger partial charge in [-0.2, -0.15) is 0 Å². The molecule has 0 fully saturated rings. The summed E-state index contributed by atoms with van der Waals surface area (Å²) in [6, 6.07) is 0. The molecule has 0 aliphatic heterocycles. The summed E-state index contributed by atoms with van der Waals surface area (Å²) < 4.78 is 13.6. The van der Waals surface area contributed by atoms with Crippen LogP contribution in [0, 0.1) is 0 Å². The molecule has 0 aliphatic rings. The average molecular weight is 246 g/mol. The zero-order valence-electron chi connectivity index (χ0n) is 10.7. The molecule has 0 N–H and O–H groups in total. The van der Waals surface area contributed by atoms with E-state index in [0.29, 0.717) is 0 Å². The third-order valence-electron chi connectivity index (χ3n) is 2.10. The minimum atomic E-state index is -0.985. The Balaban J connectivity index is 3.42. The quantitative estimate of drug-likeness (QED) is 0.371. The highest BCUT2D eigenvalue weighted by Gasteiger charge is 2.12. The summed E-state index contributed by atoms with van der Waals surface area (Å²) >= 11 is 0. The highest BCUT2D eigenvalue weighted by molar-refractivity contribution is 5.76. The molecule has 5 heteroatoms. The predicted molar refractivity (Wildman–Crippen MR) is 62.8 cm³/mol. The molecule has 0 spiro atoms. The summed E-state index contributed by atoms with van der Waals surface area (Å²) in [5.74, 6) is 0. The van der Waals surface area contributed by atoms with Gasteiger partial charge in [0.05, 0.1) is 13.2 Å². The smallest absolute Gasteiger partial charge is 0.434 e. The molecule has 0 saturated carbocycles. The number of ether oxygens (including phenoxy) is 3. The zero-order valence-corrected chi connectivity index (χ0v) is 10.7. The number of carbonyl (C=O) groups is 2. The molecule has 5 nitrogen and oxygen atoms in total. The zero-order chi connectivity index (χ0) is 12.9. The molecule has 0 atom stereocenters. The first-order valence-electron chi connectivity index (χ1n) is 6.22. The lowest BCUT2D eigenvalue weighted by molar-refractivity contribution is 0.0354. The lowest BCUT2D eigenvalue weighted by atomic mass is 10.3. The molecule has 0 unspecified atom stereocenters. The normalized spacial score (nSPS) is 9.76. The molecular weight excluding hydrogens is 224 g/mol. The van der Waals surface area contributed by atoms with E-state index in [1.807, 2.05) is 13.8 Å². The van der Waals surface area contributed by atoms with Crippen LogP contribution in [0.1, 0.15) is 52.4 Å². The summed E-state index contributed by atoms with van der Waals surface area (Å²) in [5.41, 5.74) is 0. The summed E-state index contributed by atoms with van der Waals surface area (Å²) in [7, 11) is 0. The minimum Gasteiger partial charge on any atom is -0.434 e. The first kappa shape index (κ1) is 15.7. The van der Waals surface area contributed by atoms with Crippen LogP contribution in [0.5, 0.6) is 0 Å². The second-order valence-electron chi connectivity index (χ2n) is 3.71. The van der Waals surface area contributed by atoms with Crippen molar-refractivity contribution < 1.29 is 23.8 Å². The Morgan fingerprint density at radius 3 is 1.53 bits per heavy atom. The summed E-state index contributed by atoms with van der Waals surface area (Å²) in [6.07, 6.45) is 3.62. The third kappa shape index (κ3) is 11.0. The van der Waals surface area contributed by atoms with Gasteiger partial charge in [0, 0.05) is 0 Å². The van der Waals surface area contributed by atoms with Crippen LogP contribution in [0.3, 0.4) is 0 Å². The molecular formula is C12H22O5. The molecule has 17 heavy (non-hydrogen) atoms. The summed E-state index contributed by atoms with van der Waals surface area (Å²) in [5, 5.41) is 0. The number of carbonyl (C=O) groups excluding carboxylic acids is 2. The van der Waals surface area contributed by atoms with Gasteiger partial charge >= 0.3 is 12.3 Å². The number of unbranched alkanes of at least 4 members (excludes halogenated alkanes) is 4. The maximum Gasteiger partial charge on any atom is 0.518 e. The molecule has 0 rings (SSSR count). The molecule has 0 aromatic carbocycles. The van der Waals surface area contributed by atoms with Gasteiger partial charge in [0.2, 0.25) is 0 Å². The molecule has 0 aromatic rings. The molecule has 0 heterocycles. The van der Waals surface area contributed by atoms with Crippen LogP contribution in [0.4, 0.5) is 9.59 Å². The van der Waals surface area contributed by atoms with Crippen molar-refractivity contribution in [2.24, 2.45) is 0 Å². The van der Waals surface area contributed by atoms with Gasteiger partial charge in [-0.1, -0.05) is 39.5 Å². The second-order valence-corrected chi connectivity index (χ2v) is 3.71. The maximum absolute atomic E-state index is 11.0. The molecule has 0 amide bonds. The Labute approximate surface area is 102 Å². The van der Waals surface area contributed by atoms with Crippen molar-refractivity contribution in [3.05, 3.63) is 0 Å². The van der Waals surface area contributed by atoms with Gasteiger partial charge in [0.1, 0.15) is 0 Å². The third-order valence-corrected chi connectivity index (χ3v) is 2.10. The van der Waals surface area contributed by atoms with Crippen molar-refractivity contribution in [3.8, 4) is 0 Å². The lowest BCUT2D eigenvalue weighted by Gasteiger charge is -2.05. The summed E-state index contributed by atoms with van der Waals surface area (Å²) in [6.45, 7) is 4.64. The fourth-order valence-corrected chi connectivity index (χ4v) is 1.14. The monoisotopic (exact) mass is 246 g/mol. The van der Waals surface area contributed by atoms with Gasteiger partial charge in [-0.05, 0) is 12.8 Å². The van der Waals surface area contributed by atoms with E-state index < -0.39 is 12.3 Å². The van der Waals surface area contributed by atoms with Gasteiger partial charge in [0.15, 0.2) is 0 Å². The van der Waals surface area contributed by atoms with Crippen molar-refractivity contribution in [2.45, 2.75) is 52.4 Å². The van der Waals surface area contributed by atoms with Gasteiger partial charge in [-0.3, -0.25) is 0 Å². The van der Waals surface area contributed by atoms with Crippen molar-refractivity contribution >= 4 is 12.3 Å². The Morgan fingerprint density at radius 2 is 1.18 bits per heavy atom. The SMILES string of the molecule is CCCCCOC(=O)OC(=O)OCCCCC. The fraction of sp³-hybridized carbons (Fsp3) is 0.833. The van der Waals surface area contributed by atoms with Crippen molar-refractivity contribution in [3.63, 3.8) is 0 Å². The Bertz CT molecular complexity index is 193. The first-order valence-corrected chi connectivity index (χ1v) is 6.22. The van der Waals surface area contributed by atoms with E-state index in [-0.39, 0.29) is 13.2 Å². The maximum atomic E-state index is 11.0. The average Bonchev–Trinajstić information content (AvgIpc) is 2.30. The molecule has 0 aliphatic carbocycles. The molecule has 0 bridgehead atoms. The van der Waals surface area contributed by atoms with Crippen LogP contribution in [-0.2, 0) is 14.2 Å². The molecule has 0 aromatic heterocycles. The highest BCUT2D eigenvalue weighted by atomic mass is 16.8. The standard InChI is InChI=1S/C12H22O5/c1-3-5-7-9-15-11(13)17-12(14)16-10-8-6-4-2/h3-10H2,1-2H3. The van der Waals surface area contributed by atoms with E-state index in [4.69, 9.17) is 0 Å². The highest BCUT2D eigenvalue weighted by Crippen LogP contribution is 1.98. The second kappa shape index (κ2) is 11.2. The van der Waals surface area contributed by atoms with Crippen molar-refractivity contribution in [2.75, 3.05) is 13.2 Å². The summed E-state index contributed by atoms with van der Waals surface area (Å²) in [4.78, 5) is 21.9. The van der Waals surface area contributed by atoms with E-state index >= 15 is 0 Å². The van der Waals surface area contributed by atoms with E-state index in [2.05, 4.69) is 14.2 Å². The van der Waals surface area contributed by atoms with Crippen molar-refractivity contribution in [1.82, 2.24) is 0 Å². The minimum absolute atomic E-state index is 0.274. The van der Waals surface area contributed by atoms with Gasteiger partial charge in [0.25, 0.3) is 0 Å². The number of rotatable bonds is 8. The largest absolute Gasteiger partial charge is 0.518 e. The molecule has 0 saturated heterocycles. The number of hydrogen-bond acceptors (Lipinski definition) is 5. The molecule has 0 radical (unpaired) electrons. The Morgan fingerprint density at radius 1 is 0.765 bits per heavy atom. The Hall–Kier alpha value is -1.26. The van der Waals surface area contributed by atoms with Crippen LogP contribution in [-0.4, -0.2) is 25.5 Å². The van der Waals surface area contributed by atoms with E-state index in [1.54, 1.807) is 0 Å². The number of hydrogen-bond donors (Lipinski definition) is 0. The topological polar surface area (TPSA) is 61.8 Å². The van der Waals surface area contributed by atoms with Crippen molar-refractivity contribution in [1.29, 1.82) is 0 Å². The van der Waals surface area contributed by atoms with Crippen LogP contribution >= 0.6 is 0 Å². The predicted octanol–water partition coefficient (Wildman–Crippen LogP) is 3.66. The van der Waals surface area contributed by atoms with E-state index in [9.17, 15) is 9.59 Å². The van der Waals surface area contributed by atoms with Crippen LogP contribution in [0.25, 0.3) is 0 Å². The Kier molecular flexibility index (Phi) is 10.4. The van der Waals surface area contributed by atoms with Gasteiger partial charge < -0.3 is 14.2 Å². The van der Waals surface area contributed by atoms with Crippen LogP contribution < -0.4 is 0 Å². The van der Waals surface area contributed by atoms with E-state index in [0.717, 1.165) is 38.5 Å². The van der Waals surface area contributed by atoms with Crippen LogP contribution in [0.2, 0.25) is 0 Å². The molecule has 100 valence electrons.